The summed E-state index contributed by atoms with van der Waals surface area (Å²) in [5, 5.41) is 3.44. The van der Waals surface area contributed by atoms with Crippen LogP contribution in [0.1, 0.15) is 17.4 Å². The monoisotopic (exact) mass is 271 g/mol. The van der Waals surface area contributed by atoms with Crippen molar-refractivity contribution in [2.45, 2.75) is 13.0 Å². The highest BCUT2D eigenvalue weighted by Crippen LogP contribution is 2.09. The van der Waals surface area contributed by atoms with Crippen LogP contribution in [-0.2, 0) is 4.74 Å². The average Bonchev–Trinajstić information content (AvgIpc) is 2.83. The van der Waals surface area contributed by atoms with Crippen LogP contribution in [0.15, 0.2) is 12.3 Å². The summed E-state index contributed by atoms with van der Waals surface area (Å²) in [6, 6.07) is 1.93. The van der Waals surface area contributed by atoms with Gasteiger partial charge in [-0.2, -0.15) is 0 Å². The number of hydrogen-bond donors (Lipinski definition) is 2. The lowest BCUT2D eigenvalue weighted by Crippen LogP contribution is -2.47. The Bertz CT molecular complexity index is 402. The van der Waals surface area contributed by atoms with Gasteiger partial charge in [0.1, 0.15) is 5.69 Å². The maximum absolute atomic E-state index is 11.8. The van der Waals surface area contributed by atoms with Crippen molar-refractivity contribution in [2.75, 3.05) is 32.8 Å². The molecule has 0 unspecified atom stereocenters. The van der Waals surface area contributed by atoms with Crippen molar-refractivity contribution < 1.29 is 9.53 Å². The molecule has 0 aromatic carbocycles. The molecule has 0 saturated carbocycles. The number of nitrogens with one attached hydrogen (secondary N) is 2. The SMILES string of the molecule is C[C@@H](CNC(=O)c1cc(Cl)c[nH]1)N1CCOCC1. The number of rotatable bonds is 4. The number of hydrogen-bond acceptors (Lipinski definition) is 3. The lowest BCUT2D eigenvalue weighted by atomic mass is 10.2. The summed E-state index contributed by atoms with van der Waals surface area (Å²) in [6.45, 7) is 6.11. The smallest absolute Gasteiger partial charge is 0.267 e. The summed E-state index contributed by atoms with van der Waals surface area (Å²) in [4.78, 5) is 16.9. The Morgan fingerprint density at radius 2 is 2.33 bits per heavy atom. The van der Waals surface area contributed by atoms with Crippen LogP contribution < -0.4 is 5.32 Å². The zero-order valence-electron chi connectivity index (χ0n) is 10.4. The second kappa shape index (κ2) is 6.22. The number of carbonyl (C=O) groups is 1. The summed E-state index contributed by atoms with van der Waals surface area (Å²) in [6.07, 6.45) is 1.60. The lowest BCUT2D eigenvalue weighted by Gasteiger charge is -2.32. The van der Waals surface area contributed by atoms with Crippen molar-refractivity contribution in [1.82, 2.24) is 15.2 Å². The molecule has 1 amide bonds. The molecule has 1 aromatic rings. The first-order valence-electron chi connectivity index (χ1n) is 6.10. The third-order valence-corrected chi connectivity index (χ3v) is 3.34. The second-order valence-electron chi connectivity index (χ2n) is 4.44. The third-order valence-electron chi connectivity index (χ3n) is 3.12. The number of amides is 1. The van der Waals surface area contributed by atoms with Gasteiger partial charge in [0.05, 0.1) is 18.2 Å². The van der Waals surface area contributed by atoms with E-state index in [1.54, 1.807) is 12.3 Å². The van der Waals surface area contributed by atoms with Crippen LogP contribution in [0.2, 0.25) is 5.02 Å². The minimum atomic E-state index is -0.123. The van der Waals surface area contributed by atoms with Gasteiger partial charge in [0.2, 0.25) is 0 Å². The van der Waals surface area contributed by atoms with Crippen LogP contribution >= 0.6 is 11.6 Å². The molecule has 100 valence electrons. The first-order valence-corrected chi connectivity index (χ1v) is 6.48. The minimum Gasteiger partial charge on any atom is -0.379 e. The molecule has 2 N–H and O–H groups in total. The van der Waals surface area contributed by atoms with Gasteiger partial charge in [-0.1, -0.05) is 11.6 Å². The number of nitrogens with zero attached hydrogens (tertiary/aromatic N) is 1. The van der Waals surface area contributed by atoms with Crippen LogP contribution in [0, 0.1) is 0 Å². The van der Waals surface area contributed by atoms with E-state index in [4.69, 9.17) is 16.3 Å². The van der Waals surface area contributed by atoms with Gasteiger partial charge in [0.15, 0.2) is 0 Å². The van der Waals surface area contributed by atoms with E-state index in [2.05, 4.69) is 22.1 Å². The van der Waals surface area contributed by atoms with Gasteiger partial charge in [-0.3, -0.25) is 9.69 Å². The maximum atomic E-state index is 11.8. The van der Waals surface area contributed by atoms with Crippen LogP contribution in [0.4, 0.5) is 0 Å². The second-order valence-corrected chi connectivity index (χ2v) is 4.88. The van der Waals surface area contributed by atoms with Crippen molar-refractivity contribution >= 4 is 17.5 Å². The van der Waals surface area contributed by atoms with E-state index in [9.17, 15) is 4.79 Å². The number of ether oxygens (including phenoxy) is 1. The van der Waals surface area contributed by atoms with Gasteiger partial charge in [-0.05, 0) is 13.0 Å². The minimum absolute atomic E-state index is 0.123. The molecule has 1 aliphatic rings. The Kier molecular flexibility index (Phi) is 4.63. The summed E-state index contributed by atoms with van der Waals surface area (Å²) in [5.41, 5.74) is 0.495. The predicted octanol–water partition coefficient (Wildman–Crippen LogP) is 1.12. The highest BCUT2D eigenvalue weighted by molar-refractivity contribution is 6.30. The van der Waals surface area contributed by atoms with Crippen LogP contribution in [0.5, 0.6) is 0 Å². The average molecular weight is 272 g/mol. The number of H-pyrrole nitrogens is 1. The van der Waals surface area contributed by atoms with E-state index in [-0.39, 0.29) is 5.91 Å². The van der Waals surface area contributed by atoms with E-state index in [0.717, 1.165) is 26.3 Å². The molecule has 2 rings (SSSR count). The van der Waals surface area contributed by atoms with Gasteiger partial charge in [0.25, 0.3) is 5.91 Å². The third kappa shape index (κ3) is 3.48. The number of carbonyl (C=O) groups excluding carboxylic acids is 1. The molecule has 2 heterocycles. The molecular formula is C12H18ClN3O2. The zero-order chi connectivity index (χ0) is 13.0. The maximum Gasteiger partial charge on any atom is 0.267 e. The molecule has 6 heteroatoms. The van der Waals surface area contributed by atoms with Gasteiger partial charge >= 0.3 is 0 Å². The number of aromatic amines is 1. The normalized spacial score (nSPS) is 18.6. The van der Waals surface area contributed by atoms with Crippen LogP contribution in [0.25, 0.3) is 0 Å². The van der Waals surface area contributed by atoms with Crippen molar-refractivity contribution in [3.8, 4) is 0 Å². The first-order chi connectivity index (χ1) is 8.66. The molecule has 1 atom stereocenters. The Morgan fingerprint density at radius 1 is 1.61 bits per heavy atom. The van der Waals surface area contributed by atoms with Crippen LogP contribution in [-0.4, -0.2) is 54.7 Å². The lowest BCUT2D eigenvalue weighted by molar-refractivity contribution is 0.0204. The van der Waals surface area contributed by atoms with Crippen molar-refractivity contribution in [2.24, 2.45) is 0 Å². The Hall–Kier alpha value is -1.04. The van der Waals surface area contributed by atoms with E-state index >= 15 is 0 Å². The molecule has 1 aliphatic heterocycles. The fourth-order valence-electron chi connectivity index (χ4n) is 1.98. The fourth-order valence-corrected chi connectivity index (χ4v) is 2.15. The fraction of sp³-hybridized carbons (Fsp3) is 0.583. The standard InChI is InChI=1S/C12H18ClN3O2/c1-9(16-2-4-18-5-3-16)7-15-12(17)11-6-10(13)8-14-11/h6,8-9,14H,2-5,7H2,1H3,(H,15,17)/t9-/m0/s1. The highest BCUT2D eigenvalue weighted by Gasteiger charge is 2.18. The Balaban J connectivity index is 1.78. The molecule has 18 heavy (non-hydrogen) atoms. The van der Waals surface area contributed by atoms with E-state index in [1.165, 1.54) is 0 Å². The van der Waals surface area contributed by atoms with Gasteiger partial charge in [-0.15, -0.1) is 0 Å². The molecule has 5 nitrogen and oxygen atoms in total. The largest absolute Gasteiger partial charge is 0.379 e. The number of morpholine rings is 1. The van der Waals surface area contributed by atoms with Gasteiger partial charge in [0, 0.05) is 31.9 Å². The van der Waals surface area contributed by atoms with Crippen molar-refractivity contribution in [1.29, 1.82) is 0 Å². The van der Waals surface area contributed by atoms with E-state index in [0.29, 0.717) is 23.3 Å². The van der Waals surface area contributed by atoms with Crippen molar-refractivity contribution in [3.63, 3.8) is 0 Å². The summed E-state index contributed by atoms with van der Waals surface area (Å²) in [7, 11) is 0. The highest BCUT2D eigenvalue weighted by atomic mass is 35.5. The Morgan fingerprint density at radius 3 is 2.94 bits per heavy atom. The summed E-state index contributed by atoms with van der Waals surface area (Å²) < 4.78 is 5.30. The van der Waals surface area contributed by atoms with Crippen molar-refractivity contribution in [3.05, 3.63) is 23.0 Å². The summed E-state index contributed by atoms with van der Waals surface area (Å²) >= 11 is 5.76. The van der Waals surface area contributed by atoms with E-state index < -0.39 is 0 Å². The molecule has 0 bridgehead atoms. The van der Waals surface area contributed by atoms with E-state index in [1.807, 2.05) is 0 Å². The van der Waals surface area contributed by atoms with Gasteiger partial charge < -0.3 is 15.0 Å². The Labute approximate surface area is 111 Å². The predicted molar refractivity (Wildman–Crippen MR) is 70.0 cm³/mol. The number of halogens is 1. The first kappa shape index (κ1) is 13.4. The zero-order valence-corrected chi connectivity index (χ0v) is 11.2. The van der Waals surface area contributed by atoms with Gasteiger partial charge in [-0.25, -0.2) is 0 Å². The molecule has 0 spiro atoms. The molecule has 1 fully saturated rings. The molecule has 1 saturated heterocycles. The quantitative estimate of drug-likeness (QED) is 0.863. The number of aromatic nitrogens is 1. The molecule has 0 aliphatic carbocycles. The van der Waals surface area contributed by atoms with Crippen LogP contribution in [0.3, 0.4) is 0 Å². The molecular weight excluding hydrogens is 254 g/mol. The summed E-state index contributed by atoms with van der Waals surface area (Å²) in [5.74, 6) is -0.123. The topological polar surface area (TPSA) is 57.4 Å². The molecule has 1 aromatic heterocycles. The molecule has 0 radical (unpaired) electrons.